The molecular formula is C13H27N3O. The van der Waals surface area contributed by atoms with Crippen LogP contribution in [0.3, 0.4) is 0 Å². The van der Waals surface area contributed by atoms with Gasteiger partial charge >= 0.3 is 0 Å². The molecule has 0 radical (unpaired) electrons. The highest BCUT2D eigenvalue weighted by atomic mass is 16.3. The smallest absolute Gasteiger partial charge is 0.0732 e. The summed E-state index contributed by atoms with van der Waals surface area (Å²) in [5.41, 5.74) is 0. The number of nitrogens with one attached hydrogen (secondary N) is 1. The van der Waals surface area contributed by atoms with Crippen LogP contribution in [0.2, 0.25) is 0 Å². The van der Waals surface area contributed by atoms with E-state index in [1.54, 1.807) is 0 Å². The summed E-state index contributed by atoms with van der Waals surface area (Å²) in [6.07, 6.45) is 1.99. The van der Waals surface area contributed by atoms with Crippen molar-refractivity contribution in [2.45, 2.75) is 38.9 Å². The first-order valence-corrected chi connectivity index (χ1v) is 6.78. The average molecular weight is 243 g/mol. The Labute approximate surface area is 108 Å². The number of aliphatic hydroxyl groups excluding tert-OH is 1. The van der Waals surface area contributed by atoms with Crippen molar-refractivity contribution in [3.05, 3.63) is 0 Å². The Bertz CT molecular complexity index is 295. The SMILES string of the molecule is [2H]C1C(CO)N2C([2H])CCNC2CN1CC(C)CC. The lowest BCUT2D eigenvalue weighted by Gasteiger charge is -2.49. The van der Waals surface area contributed by atoms with E-state index in [4.69, 9.17) is 2.74 Å². The van der Waals surface area contributed by atoms with Crippen LogP contribution in [0.25, 0.3) is 0 Å². The Balaban J connectivity index is 2.10. The summed E-state index contributed by atoms with van der Waals surface area (Å²) >= 11 is 0. The fourth-order valence-corrected chi connectivity index (χ4v) is 2.63. The maximum absolute atomic E-state index is 9.63. The molecule has 17 heavy (non-hydrogen) atoms. The molecule has 4 nitrogen and oxygen atoms in total. The molecule has 2 rings (SSSR count). The first-order chi connectivity index (χ1) is 9.08. The molecule has 0 aromatic heterocycles. The van der Waals surface area contributed by atoms with Crippen molar-refractivity contribution in [3.8, 4) is 0 Å². The lowest BCUT2D eigenvalue weighted by molar-refractivity contribution is -0.0325. The molecule has 5 atom stereocenters. The molecule has 100 valence electrons. The molecule has 0 aromatic carbocycles. The second kappa shape index (κ2) is 6.14. The summed E-state index contributed by atoms with van der Waals surface area (Å²) in [7, 11) is 0. The molecule has 2 aliphatic heterocycles. The van der Waals surface area contributed by atoms with Crippen LogP contribution in [0.1, 0.15) is 29.4 Å². The Morgan fingerprint density at radius 3 is 3.12 bits per heavy atom. The van der Waals surface area contributed by atoms with Gasteiger partial charge in [-0.25, -0.2) is 0 Å². The fourth-order valence-electron chi connectivity index (χ4n) is 2.63. The van der Waals surface area contributed by atoms with Gasteiger partial charge in [0.1, 0.15) is 0 Å². The number of aliphatic hydroxyl groups is 1. The topological polar surface area (TPSA) is 38.7 Å². The zero-order valence-electron chi connectivity index (χ0n) is 13.0. The van der Waals surface area contributed by atoms with Crippen LogP contribution in [-0.4, -0.2) is 66.4 Å². The molecule has 2 aliphatic rings. The number of fused-ring (bicyclic) bond motifs is 1. The van der Waals surface area contributed by atoms with Crippen molar-refractivity contribution in [2.75, 3.05) is 39.3 Å². The van der Waals surface area contributed by atoms with E-state index >= 15 is 0 Å². The standard InChI is InChI=1S/C13H27N3O/c1-3-11(2)7-15-8-12(10-17)16-6-4-5-14-13(16)9-15/h11-14,17H,3-10H2,1-2H3/i6D,8D. The van der Waals surface area contributed by atoms with Gasteiger partial charge < -0.3 is 10.4 Å². The summed E-state index contributed by atoms with van der Waals surface area (Å²) < 4.78 is 16.5. The van der Waals surface area contributed by atoms with E-state index in [0.29, 0.717) is 5.92 Å². The van der Waals surface area contributed by atoms with Gasteiger partial charge in [-0.2, -0.15) is 0 Å². The van der Waals surface area contributed by atoms with Crippen molar-refractivity contribution < 1.29 is 7.85 Å². The van der Waals surface area contributed by atoms with Gasteiger partial charge in [0.15, 0.2) is 0 Å². The maximum atomic E-state index is 9.63. The molecule has 0 saturated carbocycles. The minimum Gasteiger partial charge on any atom is -0.395 e. The van der Waals surface area contributed by atoms with E-state index in [1.807, 2.05) is 4.90 Å². The van der Waals surface area contributed by atoms with E-state index < -0.39 is 6.52 Å². The average Bonchev–Trinajstić information content (AvgIpc) is 2.40. The first-order valence-electron chi connectivity index (χ1n) is 7.94. The third-order valence-corrected chi connectivity index (χ3v) is 3.83. The summed E-state index contributed by atoms with van der Waals surface area (Å²) in [4.78, 5) is 4.15. The van der Waals surface area contributed by atoms with Crippen LogP contribution in [0.5, 0.6) is 0 Å². The Kier molecular flexibility index (Phi) is 3.88. The molecule has 2 saturated heterocycles. The summed E-state index contributed by atoms with van der Waals surface area (Å²) in [6.45, 7) is 6.15. The van der Waals surface area contributed by atoms with Crippen LogP contribution in [0.15, 0.2) is 0 Å². The summed E-state index contributed by atoms with van der Waals surface area (Å²) in [5, 5.41) is 13.1. The first kappa shape index (κ1) is 10.7. The molecule has 2 N–H and O–H groups in total. The highest BCUT2D eigenvalue weighted by Crippen LogP contribution is 2.19. The van der Waals surface area contributed by atoms with Crippen LogP contribution in [0.4, 0.5) is 0 Å². The van der Waals surface area contributed by atoms with Gasteiger partial charge in [0.05, 0.1) is 12.8 Å². The van der Waals surface area contributed by atoms with Crippen molar-refractivity contribution in [1.82, 2.24) is 15.1 Å². The third-order valence-electron chi connectivity index (χ3n) is 3.83. The number of nitrogens with zero attached hydrogens (tertiary/aromatic N) is 2. The van der Waals surface area contributed by atoms with Gasteiger partial charge in [-0.1, -0.05) is 20.3 Å². The van der Waals surface area contributed by atoms with Crippen LogP contribution in [-0.2, 0) is 0 Å². The molecule has 4 heteroatoms. The quantitative estimate of drug-likeness (QED) is 0.746. The number of hydrogen-bond acceptors (Lipinski definition) is 4. The largest absolute Gasteiger partial charge is 0.395 e. The molecule has 5 unspecified atom stereocenters. The van der Waals surface area contributed by atoms with Crippen LogP contribution < -0.4 is 5.32 Å². The molecule has 2 fully saturated rings. The van der Waals surface area contributed by atoms with Gasteiger partial charge in [0, 0.05) is 34.9 Å². The molecule has 0 amide bonds. The van der Waals surface area contributed by atoms with Gasteiger partial charge in [-0.05, 0) is 18.9 Å². The summed E-state index contributed by atoms with van der Waals surface area (Å²) in [5.74, 6) is 0.564. The normalized spacial score (nSPS) is 43.7. The minimum absolute atomic E-state index is 0.0429. The van der Waals surface area contributed by atoms with Crippen molar-refractivity contribution in [1.29, 1.82) is 0 Å². The minimum atomic E-state index is -0.428. The maximum Gasteiger partial charge on any atom is 0.0732 e. The second-order valence-electron chi connectivity index (χ2n) is 5.25. The monoisotopic (exact) mass is 243 g/mol. The molecule has 0 bridgehead atoms. The Morgan fingerprint density at radius 1 is 1.59 bits per heavy atom. The molecule has 0 aliphatic carbocycles. The van der Waals surface area contributed by atoms with Crippen LogP contribution >= 0.6 is 0 Å². The molecule has 0 spiro atoms. The summed E-state index contributed by atoms with van der Waals surface area (Å²) in [6, 6.07) is -0.252. The number of piperazine rings is 1. The van der Waals surface area contributed by atoms with Crippen molar-refractivity contribution in [2.24, 2.45) is 5.92 Å². The predicted octanol–water partition coefficient (Wildman–Crippen LogP) is 0.330. The molecular weight excluding hydrogens is 214 g/mol. The van der Waals surface area contributed by atoms with Crippen LogP contribution in [0, 0.1) is 5.92 Å². The molecule has 2 heterocycles. The predicted molar refractivity (Wildman–Crippen MR) is 69.9 cm³/mol. The van der Waals surface area contributed by atoms with E-state index in [1.165, 1.54) is 0 Å². The lowest BCUT2D eigenvalue weighted by atomic mass is 10.0. The number of hydrogen-bond donors (Lipinski definition) is 2. The fraction of sp³-hybridized carbons (Fsp3) is 1.00. The highest BCUT2D eigenvalue weighted by Gasteiger charge is 2.35. The zero-order valence-corrected chi connectivity index (χ0v) is 11.0. The highest BCUT2D eigenvalue weighted by molar-refractivity contribution is 4.90. The third kappa shape index (κ3) is 3.19. The zero-order chi connectivity index (χ0) is 14.0. The van der Waals surface area contributed by atoms with E-state index in [0.717, 1.165) is 32.5 Å². The number of rotatable bonds is 4. The van der Waals surface area contributed by atoms with Gasteiger partial charge in [0.25, 0.3) is 0 Å². The van der Waals surface area contributed by atoms with E-state index in [-0.39, 0.29) is 25.3 Å². The Morgan fingerprint density at radius 2 is 2.41 bits per heavy atom. The second-order valence-corrected chi connectivity index (χ2v) is 5.25. The van der Waals surface area contributed by atoms with Gasteiger partial charge in [-0.3, -0.25) is 9.80 Å². The molecule has 0 aromatic rings. The van der Waals surface area contributed by atoms with Gasteiger partial charge in [0.2, 0.25) is 0 Å². The lowest BCUT2D eigenvalue weighted by Crippen LogP contribution is -2.67. The van der Waals surface area contributed by atoms with E-state index in [2.05, 4.69) is 24.1 Å². The van der Waals surface area contributed by atoms with Crippen molar-refractivity contribution in [3.63, 3.8) is 0 Å². The van der Waals surface area contributed by atoms with E-state index in [9.17, 15) is 5.11 Å². The van der Waals surface area contributed by atoms with Crippen molar-refractivity contribution >= 4 is 0 Å². The Hall–Kier alpha value is -0.160. The van der Waals surface area contributed by atoms with Gasteiger partial charge in [-0.15, -0.1) is 0 Å².